The third-order valence-electron chi connectivity index (χ3n) is 3.59. The van der Waals surface area contributed by atoms with E-state index in [-0.39, 0.29) is 29.4 Å². The first kappa shape index (κ1) is 26.1. The molecule has 0 aliphatic rings. The van der Waals surface area contributed by atoms with Crippen molar-refractivity contribution in [3.63, 3.8) is 0 Å². The standard InChI is InChI=1S/C20H19F4NO3S.C2H2/c1-3-16(29-12(2)11-26)10-14-7-8-17(28-20(23)24)18(25-14)13-5-4-6-15(9-13)27-19(21)22;1-2/h3-9,19-20,26H,2,10-11H2,1H3;1-2H/b16-3-;. The average molecular weight is 455 g/mol. The molecule has 1 aromatic carbocycles. The van der Waals surface area contributed by atoms with Crippen molar-refractivity contribution < 1.29 is 32.1 Å². The summed E-state index contributed by atoms with van der Waals surface area (Å²) in [5, 5.41) is 9.13. The molecule has 0 bridgehead atoms. The maximum absolute atomic E-state index is 12.8. The predicted molar refractivity (Wildman–Crippen MR) is 114 cm³/mol. The molecule has 0 fully saturated rings. The molecular formula is C22H21F4NO3S. The molecule has 1 N–H and O–H groups in total. The van der Waals surface area contributed by atoms with E-state index in [1.54, 1.807) is 0 Å². The van der Waals surface area contributed by atoms with Crippen molar-refractivity contribution in [2.45, 2.75) is 26.6 Å². The molecule has 0 amide bonds. The number of benzene rings is 1. The van der Waals surface area contributed by atoms with Crippen molar-refractivity contribution in [1.29, 1.82) is 0 Å². The quantitative estimate of drug-likeness (QED) is 0.358. The van der Waals surface area contributed by atoms with Gasteiger partial charge in [0, 0.05) is 22.6 Å². The lowest BCUT2D eigenvalue weighted by Crippen LogP contribution is -2.06. The summed E-state index contributed by atoms with van der Waals surface area (Å²) in [6.45, 7) is -0.739. The van der Waals surface area contributed by atoms with Crippen LogP contribution in [0.5, 0.6) is 11.5 Å². The maximum atomic E-state index is 12.8. The molecule has 1 heterocycles. The van der Waals surface area contributed by atoms with Gasteiger partial charge in [-0.15, -0.1) is 12.8 Å². The number of pyridine rings is 1. The molecule has 0 radical (unpaired) electrons. The fourth-order valence-corrected chi connectivity index (χ4v) is 3.17. The topological polar surface area (TPSA) is 51.6 Å². The van der Waals surface area contributed by atoms with Crippen LogP contribution in [-0.4, -0.2) is 29.9 Å². The smallest absolute Gasteiger partial charge is 0.387 e. The van der Waals surface area contributed by atoms with E-state index >= 15 is 0 Å². The first-order valence-corrected chi connectivity index (χ1v) is 9.59. The number of aliphatic hydroxyl groups is 1. The van der Waals surface area contributed by atoms with Crippen LogP contribution in [0.1, 0.15) is 12.6 Å². The van der Waals surface area contributed by atoms with Gasteiger partial charge < -0.3 is 14.6 Å². The highest BCUT2D eigenvalue weighted by Gasteiger charge is 2.16. The zero-order valence-electron chi connectivity index (χ0n) is 16.6. The number of halogens is 4. The molecule has 4 nitrogen and oxygen atoms in total. The predicted octanol–water partition coefficient (Wildman–Crippen LogP) is 5.89. The molecule has 0 spiro atoms. The van der Waals surface area contributed by atoms with Gasteiger partial charge in [-0.25, -0.2) is 4.98 Å². The monoisotopic (exact) mass is 455 g/mol. The lowest BCUT2D eigenvalue weighted by molar-refractivity contribution is -0.0500. The van der Waals surface area contributed by atoms with E-state index in [1.807, 2.05) is 13.0 Å². The summed E-state index contributed by atoms with van der Waals surface area (Å²) in [6, 6.07) is 8.46. The van der Waals surface area contributed by atoms with Crippen molar-refractivity contribution in [3.8, 4) is 35.6 Å². The van der Waals surface area contributed by atoms with Gasteiger partial charge in [-0.05, 0) is 36.1 Å². The summed E-state index contributed by atoms with van der Waals surface area (Å²) < 4.78 is 59.5. The number of thioether (sulfide) groups is 1. The van der Waals surface area contributed by atoms with E-state index in [0.29, 0.717) is 17.0 Å². The molecule has 2 aromatic rings. The highest BCUT2D eigenvalue weighted by molar-refractivity contribution is 8.06. The van der Waals surface area contributed by atoms with E-state index in [4.69, 9.17) is 5.11 Å². The van der Waals surface area contributed by atoms with Crippen LogP contribution < -0.4 is 9.47 Å². The fourth-order valence-electron chi connectivity index (χ4n) is 2.40. The molecule has 0 aliphatic carbocycles. The molecular weight excluding hydrogens is 434 g/mol. The van der Waals surface area contributed by atoms with Crippen molar-refractivity contribution in [3.05, 3.63) is 64.6 Å². The van der Waals surface area contributed by atoms with Crippen molar-refractivity contribution in [1.82, 2.24) is 4.98 Å². The minimum atomic E-state index is -3.07. The molecule has 31 heavy (non-hydrogen) atoms. The Morgan fingerprint density at radius 1 is 1.16 bits per heavy atom. The van der Waals surface area contributed by atoms with Crippen LogP contribution >= 0.6 is 11.8 Å². The van der Waals surface area contributed by atoms with Gasteiger partial charge in [0.25, 0.3) is 0 Å². The Morgan fingerprint density at radius 2 is 1.84 bits per heavy atom. The molecule has 0 saturated carbocycles. The summed E-state index contributed by atoms with van der Waals surface area (Å²) in [6.07, 6.45) is 10.2. The van der Waals surface area contributed by atoms with Gasteiger partial charge in [-0.1, -0.05) is 36.5 Å². The number of rotatable bonds is 10. The van der Waals surface area contributed by atoms with Crippen LogP contribution in [0.25, 0.3) is 11.3 Å². The number of aromatic nitrogens is 1. The molecule has 0 aliphatic heterocycles. The average Bonchev–Trinajstić information content (AvgIpc) is 2.74. The Labute approximate surface area is 182 Å². The second kappa shape index (κ2) is 13.4. The zero-order chi connectivity index (χ0) is 23.4. The maximum Gasteiger partial charge on any atom is 0.387 e. The number of hydrogen-bond acceptors (Lipinski definition) is 5. The van der Waals surface area contributed by atoms with E-state index < -0.39 is 13.2 Å². The molecule has 0 unspecified atom stereocenters. The van der Waals surface area contributed by atoms with Crippen LogP contribution in [0, 0.1) is 12.8 Å². The zero-order valence-corrected chi connectivity index (χ0v) is 17.4. The lowest BCUT2D eigenvalue weighted by atomic mass is 10.1. The van der Waals surface area contributed by atoms with Crippen molar-refractivity contribution >= 4 is 11.8 Å². The highest BCUT2D eigenvalue weighted by Crippen LogP contribution is 2.33. The largest absolute Gasteiger partial charge is 0.435 e. The lowest BCUT2D eigenvalue weighted by Gasteiger charge is -2.14. The summed E-state index contributed by atoms with van der Waals surface area (Å²) in [5.41, 5.74) is 0.896. The van der Waals surface area contributed by atoms with E-state index in [9.17, 15) is 17.6 Å². The van der Waals surface area contributed by atoms with Crippen molar-refractivity contribution in [2.75, 3.05) is 6.61 Å². The number of terminal acetylenes is 1. The number of ether oxygens (including phenoxy) is 2. The molecule has 1 aromatic heterocycles. The van der Waals surface area contributed by atoms with Crippen LogP contribution in [0.3, 0.4) is 0 Å². The number of nitrogens with zero attached hydrogens (tertiary/aromatic N) is 1. The Hall–Kier alpha value is -2.96. The molecule has 2 rings (SSSR count). The molecule has 0 atom stereocenters. The van der Waals surface area contributed by atoms with Gasteiger partial charge in [0.2, 0.25) is 0 Å². The first-order chi connectivity index (χ1) is 14.8. The van der Waals surface area contributed by atoms with Gasteiger partial charge in [-0.3, -0.25) is 0 Å². The van der Waals surface area contributed by atoms with Crippen molar-refractivity contribution in [2.24, 2.45) is 0 Å². The minimum absolute atomic E-state index is 0.0731. The van der Waals surface area contributed by atoms with Gasteiger partial charge in [0.05, 0.1) is 6.61 Å². The number of allylic oxidation sites excluding steroid dienone is 2. The first-order valence-electron chi connectivity index (χ1n) is 8.77. The minimum Gasteiger partial charge on any atom is -0.435 e. The Morgan fingerprint density at radius 3 is 2.42 bits per heavy atom. The van der Waals surface area contributed by atoms with Gasteiger partial charge >= 0.3 is 13.2 Å². The van der Waals surface area contributed by atoms with Gasteiger partial charge in [-0.2, -0.15) is 17.6 Å². The normalized spacial score (nSPS) is 11.1. The second-order valence-electron chi connectivity index (χ2n) is 5.66. The van der Waals surface area contributed by atoms with Crippen LogP contribution in [-0.2, 0) is 6.42 Å². The SMILES string of the molecule is C#C.C=C(CO)S/C(=C\C)Cc1ccc(OC(F)F)c(-c2cccc(OC(F)F)c2)n1. The summed E-state index contributed by atoms with van der Waals surface area (Å²) >= 11 is 1.29. The second-order valence-corrected chi connectivity index (χ2v) is 6.97. The van der Waals surface area contributed by atoms with E-state index in [1.165, 1.54) is 48.2 Å². The fraction of sp³-hybridized carbons (Fsp3) is 0.227. The molecule has 9 heteroatoms. The van der Waals surface area contributed by atoms with Gasteiger partial charge in [0.15, 0.2) is 5.75 Å². The summed E-state index contributed by atoms with van der Waals surface area (Å²) in [5.74, 6) is -0.316. The van der Waals surface area contributed by atoms with Gasteiger partial charge in [0.1, 0.15) is 11.4 Å². The third-order valence-corrected chi connectivity index (χ3v) is 4.65. The molecule has 0 saturated heterocycles. The van der Waals surface area contributed by atoms with Crippen LogP contribution in [0.4, 0.5) is 17.6 Å². The Balaban J connectivity index is 0.00000233. The van der Waals surface area contributed by atoms with E-state index in [2.05, 4.69) is 33.9 Å². The Kier molecular flexibility index (Phi) is 11.2. The molecule has 166 valence electrons. The number of hydrogen-bond donors (Lipinski definition) is 1. The van der Waals surface area contributed by atoms with Crippen LogP contribution in [0.2, 0.25) is 0 Å². The number of aliphatic hydroxyl groups excluding tert-OH is 1. The third kappa shape index (κ3) is 8.74. The summed E-state index contributed by atoms with van der Waals surface area (Å²) in [4.78, 5) is 5.79. The van der Waals surface area contributed by atoms with Crippen LogP contribution in [0.15, 0.2) is 58.9 Å². The number of alkyl halides is 4. The highest BCUT2D eigenvalue weighted by atomic mass is 32.2. The Bertz CT molecular complexity index is 917. The van der Waals surface area contributed by atoms with E-state index in [0.717, 1.165) is 4.91 Å². The summed E-state index contributed by atoms with van der Waals surface area (Å²) in [7, 11) is 0.